The molecule has 0 unspecified atom stereocenters. The van der Waals surface area contributed by atoms with Crippen LogP contribution in [0.4, 0.5) is 11.5 Å². The van der Waals surface area contributed by atoms with Crippen molar-refractivity contribution in [3.05, 3.63) is 53.7 Å². The molecule has 3 rings (SSSR count). The van der Waals surface area contributed by atoms with Gasteiger partial charge < -0.3 is 21.3 Å². The van der Waals surface area contributed by atoms with Gasteiger partial charge in [-0.1, -0.05) is 19.1 Å². The molecule has 8 nitrogen and oxygen atoms in total. The number of nitrogens with zero attached hydrogens (tertiary/aromatic N) is 2. The smallest absolute Gasteiger partial charge is 0.315 e. The molecule has 1 saturated heterocycles. The fourth-order valence-electron chi connectivity index (χ4n) is 3.62. The van der Waals surface area contributed by atoms with E-state index >= 15 is 0 Å². The lowest BCUT2D eigenvalue weighted by atomic mass is 9.89. The Hall–Kier alpha value is -3.42. The third-order valence-electron chi connectivity index (χ3n) is 5.14. The van der Waals surface area contributed by atoms with Crippen LogP contribution in [0.5, 0.6) is 0 Å². The molecular weight excluding hydrogens is 370 g/mol. The van der Waals surface area contributed by atoms with Gasteiger partial charge in [0.15, 0.2) is 0 Å². The zero-order valence-corrected chi connectivity index (χ0v) is 16.5. The number of nitrogens with two attached hydrogens (primary N) is 1. The predicted molar refractivity (Wildman–Crippen MR) is 110 cm³/mol. The Labute approximate surface area is 169 Å². The highest BCUT2D eigenvalue weighted by molar-refractivity contribution is 6.39. The van der Waals surface area contributed by atoms with Crippen molar-refractivity contribution in [1.29, 1.82) is 0 Å². The summed E-state index contributed by atoms with van der Waals surface area (Å²) in [7, 11) is 1.83. The first-order valence-corrected chi connectivity index (χ1v) is 9.55. The topological polar surface area (TPSA) is 117 Å². The second-order valence-corrected chi connectivity index (χ2v) is 7.25. The van der Waals surface area contributed by atoms with E-state index in [1.54, 1.807) is 4.90 Å². The molecule has 0 radical (unpaired) electrons. The Morgan fingerprint density at radius 1 is 1.17 bits per heavy atom. The van der Waals surface area contributed by atoms with Gasteiger partial charge in [0, 0.05) is 25.5 Å². The molecule has 2 aromatic rings. The van der Waals surface area contributed by atoms with Crippen molar-refractivity contribution < 1.29 is 14.4 Å². The zero-order valence-electron chi connectivity index (χ0n) is 16.5. The number of carbonyl (C=O) groups excluding carboxylic acids is 3. The Bertz CT molecular complexity index is 930. The van der Waals surface area contributed by atoms with Crippen LogP contribution in [0, 0.1) is 5.92 Å². The fraction of sp³-hybridized carbons (Fsp3) is 0.333. The summed E-state index contributed by atoms with van der Waals surface area (Å²) in [5.74, 6) is -1.95. The molecule has 1 aliphatic heterocycles. The van der Waals surface area contributed by atoms with Crippen LogP contribution in [-0.2, 0) is 9.59 Å². The minimum Gasteiger partial charge on any atom is -0.388 e. The molecule has 1 aromatic heterocycles. The van der Waals surface area contributed by atoms with Crippen LogP contribution < -0.4 is 16.4 Å². The standard InChI is InChI=1S/C21H25N5O3/c1-13-8-9-17(14-5-3-6-15(11-14)23-2)26(12-13)21(29)20(28)25-19-16(18(22)27)7-4-10-24-19/h3-7,10-11,13,17,23H,8-9,12H2,1-2H3,(H2,22,27)(H,24,25,28)/t13-,17+/m1/s1. The number of benzene rings is 1. The number of primary amides is 1. The first kappa shape index (κ1) is 20.3. The van der Waals surface area contributed by atoms with E-state index in [0.29, 0.717) is 6.54 Å². The molecule has 0 saturated carbocycles. The third kappa shape index (κ3) is 4.53. The van der Waals surface area contributed by atoms with Crippen LogP contribution in [0.15, 0.2) is 42.6 Å². The number of piperidine rings is 1. The molecule has 1 fully saturated rings. The number of hydrogen-bond donors (Lipinski definition) is 3. The number of anilines is 2. The van der Waals surface area contributed by atoms with E-state index in [0.717, 1.165) is 24.1 Å². The van der Waals surface area contributed by atoms with Crippen molar-refractivity contribution in [3.8, 4) is 0 Å². The summed E-state index contributed by atoms with van der Waals surface area (Å²) >= 11 is 0. The Balaban J connectivity index is 1.84. The minimum atomic E-state index is -0.838. The van der Waals surface area contributed by atoms with Crippen LogP contribution >= 0.6 is 0 Å². The summed E-state index contributed by atoms with van der Waals surface area (Å²) in [4.78, 5) is 42.8. The molecule has 4 N–H and O–H groups in total. The van der Waals surface area contributed by atoms with Gasteiger partial charge in [0.2, 0.25) is 0 Å². The van der Waals surface area contributed by atoms with Gasteiger partial charge in [0.1, 0.15) is 5.82 Å². The molecule has 1 aromatic carbocycles. The quantitative estimate of drug-likeness (QED) is 0.686. The van der Waals surface area contributed by atoms with Crippen LogP contribution in [0.3, 0.4) is 0 Å². The lowest BCUT2D eigenvalue weighted by molar-refractivity contribution is -0.146. The van der Waals surface area contributed by atoms with Gasteiger partial charge in [-0.3, -0.25) is 14.4 Å². The molecule has 2 heterocycles. The van der Waals surface area contributed by atoms with E-state index in [4.69, 9.17) is 5.73 Å². The molecule has 2 atom stereocenters. The van der Waals surface area contributed by atoms with Gasteiger partial charge in [-0.2, -0.15) is 0 Å². The van der Waals surface area contributed by atoms with Crippen molar-refractivity contribution in [2.24, 2.45) is 11.7 Å². The Morgan fingerprint density at radius 3 is 2.69 bits per heavy atom. The highest BCUT2D eigenvalue weighted by atomic mass is 16.2. The zero-order chi connectivity index (χ0) is 21.0. The van der Waals surface area contributed by atoms with Crippen LogP contribution in [0.1, 0.15) is 41.7 Å². The number of pyridine rings is 1. The molecule has 152 valence electrons. The van der Waals surface area contributed by atoms with E-state index < -0.39 is 17.7 Å². The molecule has 0 spiro atoms. The number of amides is 3. The largest absolute Gasteiger partial charge is 0.388 e. The number of hydrogen-bond acceptors (Lipinski definition) is 5. The summed E-state index contributed by atoms with van der Waals surface area (Å²) in [6.45, 7) is 2.54. The van der Waals surface area contributed by atoms with Crippen molar-refractivity contribution in [2.75, 3.05) is 24.2 Å². The van der Waals surface area contributed by atoms with Gasteiger partial charge in [0.25, 0.3) is 5.91 Å². The molecule has 1 aliphatic rings. The lowest BCUT2D eigenvalue weighted by Gasteiger charge is -2.38. The minimum absolute atomic E-state index is 0.0165. The van der Waals surface area contributed by atoms with Crippen LogP contribution in [0.2, 0.25) is 0 Å². The maximum atomic E-state index is 13.0. The molecule has 0 bridgehead atoms. The average Bonchev–Trinajstić information content (AvgIpc) is 2.73. The summed E-state index contributed by atoms with van der Waals surface area (Å²) in [5.41, 5.74) is 7.29. The molecule has 8 heteroatoms. The summed E-state index contributed by atoms with van der Waals surface area (Å²) < 4.78 is 0. The SMILES string of the molecule is CNc1cccc([C@@H]2CC[C@@H](C)CN2C(=O)C(=O)Nc2ncccc2C(N)=O)c1. The van der Waals surface area contributed by atoms with Crippen molar-refractivity contribution in [1.82, 2.24) is 9.88 Å². The normalized spacial score (nSPS) is 18.8. The third-order valence-corrected chi connectivity index (χ3v) is 5.14. The number of likely N-dealkylation sites (tertiary alicyclic amines) is 1. The van der Waals surface area contributed by atoms with Gasteiger partial charge in [-0.05, 0) is 48.6 Å². The predicted octanol–water partition coefficient (Wildman–Crippen LogP) is 2.16. The fourth-order valence-corrected chi connectivity index (χ4v) is 3.62. The monoisotopic (exact) mass is 395 g/mol. The van der Waals surface area contributed by atoms with E-state index in [9.17, 15) is 14.4 Å². The second kappa shape index (κ2) is 8.72. The van der Waals surface area contributed by atoms with E-state index in [1.807, 2.05) is 31.3 Å². The van der Waals surface area contributed by atoms with Gasteiger partial charge in [-0.15, -0.1) is 0 Å². The molecule has 3 amide bonds. The maximum absolute atomic E-state index is 13.0. The van der Waals surface area contributed by atoms with Crippen molar-refractivity contribution in [3.63, 3.8) is 0 Å². The Kier molecular flexibility index (Phi) is 6.11. The highest BCUT2D eigenvalue weighted by Crippen LogP contribution is 2.34. The van der Waals surface area contributed by atoms with Crippen molar-refractivity contribution in [2.45, 2.75) is 25.8 Å². The first-order valence-electron chi connectivity index (χ1n) is 9.55. The molecule has 0 aliphatic carbocycles. The van der Waals surface area contributed by atoms with Crippen LogP contribution in [0.25, 0.3) is 0 Å². The van der Waals surface area contributed by atoms with E-state index in [1.165, 1.54) is 18.3 Å². The number of rotatable bonds is 4. The number of aromatic nitrogens is 1. The molecule has 29 heavy (non-hydrogen) atoms. The second-order valence-electron chi connectivity index (χ2n) is 7.25. The van der Waals surface area contributed by atoms with Crippen LogP contribution in [-0.4, -0.2) is 41.2 Å². The van der Waals surface area contributed by atoms with Gasteiger partial charge in [-0.25, -0.2) is 4.98 Å². The maximum Gasteiger partial charge on any atom is 0.315 e. The first-order chi connectivity index (χ1) is 13.9. The number of carbonyl (C=O) groups is 3. The van der Waals surface area contributed by atoms with E-state index in [-0.39, 0.29) is 23.3 Å². The van der Waals surface area contributed by atoms with Gasteiger partial charge in [0.05, 0.1) is 11.6 Å². The summed E-state index contributed by atoms with van der Waals surface area (Å²) in [6, 6.07) is 10.6. The highest BCUT2D eigenvalue weighted by Gasteiger charge is 2.34. The number of nitrogens with one attached hydrogen (secondary N) is 2. The summed E-state index contributed by atoms with van der Waals surface area (Å²) in [6.07, 6.45) is 3.15. The van der Waals surface area contributed by atoms with Crippen molar-refractivity contribution >= 4 is 29.2 Å². The Morgan fingerprint density at radius 2 is 1.97 bits per heavy atom. The van der Waals surface area contributed by atoms with Gasteiger partial charge >= 0.3 is 11.8 Å². The lowest BCUT2D eigenvalue weighted by Crippen LogP contribution is -2.46. The molecular formula is C21H25N5O3. The summed E-state index contributed by atoms with van der Waals surface area (Å²) in [5, 5.41) is 5.54. The average molecular weight is 395 g/mol. The van der Waals surface area contributed by atoms with E-state index in [2.05, 4.69) is 22.5 Å².